The summed E-state index contributed by atoms with van der Waals surface area (Å²) in [7, 11) is 4.36. The molecule has 0 aliphatic rings. The van der Waals surface area contributed by atoms with Crippen LogP contribution in [0.3, 0.4) is 0 Å². The van der Waals surface area contributed by atoms with E-state index in [0.717, 1.165) is 0 Å². The standard InChI is InChI=1S/C12H20N4O5/c1-19-6-4-9-11(12(18)21-3)14-15-16(9)8-10(17)13-5-7-20-2/h4-8H2,1-3H3,(H,13,17). The molecular weight excluding hydrogens is 280 g/mol. The van der Waals surface area contributed by atoms with E-state index in [0.29, 0.717) is 31.9 Å². The number of esters is 1. The van der Waals surface area contributed by atoms with E-state index in [9.17, 15) is 9.59 Å². The van der Waals surface area contributed by atoms with E-state index in [1.165, 1.54) is 11.8 Å². The molecule has 9 nitrogen and oxygen atoms in total. The molecule has 9 heteroatoms. The Labute approximate surface area is 122 Å². The molecule has 0 aliphatic heterocycles. The molecule has 21 heavy (non-hydrogen) atoms. The number of carbonyl (C=O) groups is 2. The van der Waals surface area contributed by atoms with Crippen LogP contribution >= 0.6 is 0 Å². The lowest BCUT2D eigenvalue weighted by Gasteiger charge is -2.08. The first kappa shape index (κ1) is 17.1. The second-order valence-corrected chi connectivity index (χ2v) is 4.12. The van der Waals surface area contributed by atoms with Gasteiger partial charge in [-0.2, -0.15) is 0 Å². The average Bonchev–Trinajstić information content (AvgIpc) is 2.87. The minimum absolute atomic E-state index is 0.0350. The van der Waals surface area contributed by atoms with Gasteiger partial charge in [0.05, 0.1) is 26.0 Å². The van der Waals surface area contributed by atoms with Gasteiger partial charge < -0.3 is 19.5 Å². The van der Waals surface area contributed by atoms with Gasteiger partial charge in [0.2, 0.25) is 5.91 Å². The Kier molecular flexibility index (Phi) is 7.33. The fourth-order valence-corrected chi connectivity index (χ4v) is 1.65. The maximum absolute atomic E-state index is 11.8. The van der Waals surface area contributed by atoms with E-state index in [4.69, 9.17) is 9.47 Å². The Bertz CT molecular complexity index is 474. The number of carbonyl (C=O) groups excluding carboxylic acids is 2. The summed E-state index contributed by atoms with van der Waals surface area (Å²) in [6.45, 7) is 1.17. The molecule has 0 spiro atoms. The van der Waals surface area contributed by atoms with Crippen LogP contribution in [0.2, 0.25) is 0 Å². The summed E-state index contributed by atoms with van der Waals surface area (Å²) in [6, 6.07) is 0. The van der Waals surface area contributed by atoms with Crippen molar-refractivity contribution in [3.63, 3.8) is 0 Å². The van der Waals surface area contributed by atoms with Crippen LogP contribution in [-0.2, 0) is 32.0 Å². The van der Waals surface area contributed by atoms with E-state index in [1.807, 2.05) is 0 Å². The molecule has 1 amide bonds. The van der Waals surface area contributed by atoms with Gasteiger partial charge in [-0.25, -0.2) is 9.48 Å². The zero-order valence-corrected chi connectivity index (χ0v) is 12.4. The monoisotopic (exact) mass is 300 g/mol. The fourth-order valence-electron chi connectivity index (χ4n) is 1.65. The lowest BCUT2D eigenvalue weighted by molar-refractivity contribution is -0.122. The van der Waals surface area contributed by atoms with Crippen LogP contribution in [0.4, 0.5) is 0 Å². The van der Waals surface area contributed by atoms with Gasteiger partial charge in [0.15, 0.2) is 5.69 Å². The van der Waals surface area contributed by atoms with Crippen molar-refractivity contribution in [3.8, 4) is 0 Å². The molecule has 0 aromatic carbocycles. The minimum atomic E-state index is -0.591. The highest BCUT2D eigenvalue weighted by atomic mass is 16.5. The predicted molar refractivity (Wildman–Crippen MR) is 71.8 cm³/mol. The van der Waals surface area contributed by atoms with Crippen LogP contribution in [-0.4, -0.2) is 68.0 Å². The van der Waals surface area contributed by atoms with Gasteiger partial charge in [-0.05, 0) is 0 Å². The molecule has 1 heterocycles. The second kappa shape index (κ2) is 9.03. The SMILES string of the molecule is COCCNC(=O)Cn1nnc(C(=O)OC)c1CCOC. The molecule has 0 bridgehead atoms. The van der Waals surface area contributed by atoms with Gasteiger partial charge >= 0.3 is 5.97 Å². The Balaban J connectivity index is 2.78. The maximum atomic E-state index is 11.8. The van der Waals surface area contributed by atoms with Crippen molar-refractivity contribution in [2.24, 2.45) is 0 Å². The summed E-state index contributed by atoms with van der Waals surface area (Å²) in [5.74, 6) is -0.834. The van der Waals surface area contributed by atoms with Gasteiger partial charge in [0.1, 0.15) is 6.54 Å². The van der Waals surface area contributed by atoms with E-state index in [-0.39, 0.29) is 18.1 Å². The van der Waals surface area contributed by atoms with Crippen LogP contribution in [0.15, 0.2) is 0 Å². The lowest BCUT2D eigenvalue weighted by Crippen LogP contribution is -2.31. The van der Waals surface area contributed by atoms with Gasteiger partial charge in [-0.3, -0.25) is 4.79 Å². The van der Waals surface area contributed by atoms with Crippen LogP contribution < -0.4 is 5.32 Å². The van der Waals surface area contributed by atoms with E-state index < -0.39 is 5.97 Å². The molecule has 1 rings (SSSR count). The molecule has 0 saturated heterocycles. The second-order valence-electron chi connectivity index (χ2n) is 4.12. The number of hydrogen-bond acceptors (Lipinski definition) is 7. The van der Waals surface area contributed by atoms with E-state index in [1.54, 1.807) is 14.2 Å². The number of amides is 1. The summed E-state index contributed by atoms with van der Waals surface area (Å²) in [6.07, 6.45) is 0.402. The molecular formula is C12H20N4O5. The van der Waals surface area contributed by atoms with Gasteiger partial charge in [0, 0.05) is 27.2 Å². The highest BCUT2D eigenvalue weighted by Crippen LogP contribution is 2.08. The molecule has 1 aromatic heterocycles. The fraction of sp³-hybridized carbons (Fsp3) is 0.667. The Hall–Kier alpha value is -2.00. The zero-order chi connectivity index (χ0) is 15.7. The first-order valence-corrected chi connectivity index (χ1v) is 6.39. The van der Waals surface area contributed by atoms with Crippen molar-refractivity contribution in [2.75, 3.05) is 41.1 Å². The minimum Gasteiger partial charge on any atom is -0.464 e. The van der Waals surface area contributed by atoms with Crippen molar-refractivity contribution in [1.29, 1.82) is 0 Å². The molecule has 0 unspecified atom stereocenters. The van der Waals surface area contributed by atoms with Crippen molar-refractivity contribution in [1.82, 2.24) is 20.3 Å². The third-order valence-electron chi connectivity index (χ3n) is 2.68. The average molecular weight is 300 g/mol. The lowest BCUT2D eigenvalue weighted by atomic mass is 10.2. The molecule has 0 saturated carbocycles. The number of methoxy groups -OCH3 is 3. The number of nitrogens with one attached hydrogen (secondary N) is 1. The molecule has 0 aliphatic carbocycles. The van der Waals surface area contributed by atoms with Gasteiger partial charge in [-0.1, -0.05) is 5.21 Å². The Morgan fingerprint density at radius 3 is 2.52 bits per heavy atom. The van der Waals surface area contributed by atoms with Crippen LogP contribution in [0.25, 0.3) is 0 Å². The molecule has 1 aromatic rings. The maximum Gasteiger partial charge on any atom is 0.360 e. The highest BCUT2D eigenvalue weighted by molar-refractivity contribution is 5.88. The Morgan fingerprint density at radius 1 is 1.19 bits per heavy atom. The van der Waals surface area contributed by atoms with Crippen molar-refractivity contribution < 1.29 is 23.8 Å². The molecule has 0 fully saturated rings. The Morgan fingerprint density at radius 2 is 1.90 bits per heavy atom. The summed E-state index contributed by atoms with van der Waals surface area (Å²) in [5, 5.41) is 10.3. The molecule has 118 valence electrons. The molecule has 1 N–H and O–H groups in total. The highest BCUT2D eigenvalue weighted by Gasteiger charge is 2.21. The quantitative estimate of drug-likeness (QED) is 0.461. The van der Waals surface area contributed by atoms with E-state index in [2.05, 4.69) is 20.4 Å². The van der Waals surface area contributed by atoms with Crippen molar-refractivity contribution in [2.45, 2.75) is 13.0 Å². The topological polar surface area (TPSA) is 105 Å². The smallest absolute Gasteiger partial charge is 0.360 e. The third-order valence-corrected chi connectivity index (χ3v) is 2.68. The third kappa shape index (κ3) is 5.12. The number of rotatable bonds is 9. The largest absolute Gasteiger partial charge is 0.464 e. The first-order chi connectivity index (χ1) is 10.1. The first-order valence-electron chi connectivity index (χ1n) is 6.39. The number of nitrogens with zero attached hydrogens (tertiary/aromatic N) is 3. The molecule has 0 atom stereocenters. The van der Waals surface area contributed by atoms with Crippen molar-refractivity contribution in [3.05, 3.63) is 11.4 Å². The molecule has 0 radical (unpaired) electrons. The summed E-state index contributed by atoms with van der Waals surface area (Å²) in [4.78, 5) is 23.4. The summed E-state index contributed by atoms with van der Waals surface area (Å²) >= 11 is 0. The summed E-state index contributed by atoms with van der Waals surface area (Å²) < 4.78 is 15.8. The normalized spacial score (nSPS) is 10.4. The zero-order valence-electron chi connectivity index (χ0n) is 12.4. The van der Waals surface area contributed by atoms with Crippen LogP contribution in [0.5, 0.6) is 0 Å². The van der Waals surface area contributed by atoms with E-state index >= 15 is 0 Å². The van der Waals surface area contributed by atoms with Gasteiger partial charge in [-0.15, -0.1) is 5.10 Å². The number of hydrogen-bond donors (Lipinski definition) is 1. The number of ether oxygens (including phenoxy) is 3. The summed E-state index contributed by atoms with van der Waals surface area (Å²) in [5.41, 5.74) is 0.602. The van der Waals surface area contributed by atoms with Gasteiger partial charge in [0.25, 0.3) is 0 Å². The van der Waals surface area contributed by atoms with Crippen LogP contribution in [0.1, 0.15) is 16.2 Å². The number of aromatic nitrogens is 3. The van der Waals surface area contributed by atoms with Crippen LogP contribution in [0, 0.1) is 0 Å². The predicted octanol–water partition coefficient (Wildman–Crippen LogP) is -0.984. The van der Waals surface area contributed by atoms with Crippen molar-refractivity contribution >= 4 is 11.9 Å².